The van der Waals surface area contributed by atoms with E-state index in [1.807, 2.05) is 19.9 Å². The van der Waals surface area contributed by atoms with Crippen molar-refractivity contribution in [2.24, 2.45) is 5.73 Å². The van der Waals surface area contributed by atoms with Gasteiger partial charge in [0.1, 0.15) is 5.75 Å². The lowest BCUT2D eigenvalue weighted by atomic mass is 10.1. The number of pyridine rings is 1. The molecule has 19 heavy (non-hydrogen) atoms. The molecule has 3 nitrogen and oxygen atoms in total. The van der Waals surface area contributed by atoms with Crippen LogP contribution in [0, 0.1) is 20.8 Å². The molecule has 2 N–H and O–H groups in total. The van der Waals surface area contributed by atoms with Gasteiger partial charge in [-0.05, 0) is 43.0 Å². The minimum atomic E-state index is 0.365. The van der Waals surface area contributed by atoms with Crippen molar-refractivity contribution >= 4 is 11.6 Å². The summed E-state index contributed by atoms with van der Waals surface area (Å²) in [7, 11) is 0. The SMILES string of the molecule is Cc1ccc(C)c(Oc2cc(CN)c(Cl)cn2)c1C. The second-order valence-corrected chi connectivity index (χ2v) is 4.98. The summed E-state index contributed by atoms with van der Waals surface area (Å²) in [6.45, 7) is 6.48. The Bertz CT molecular complexity index is 611. The van der Waals surface area contributed by atoms with E-state index >= 15 is 0 Å². The number of nitrogens with zero attached hydrogens (tertiary/aromatic N) is 1. The Morgan fingerprint density at radius 2 is 1.89 bits per heavy atom. The van der Waals surface area contributed by atoms with Crippen LogP contribution in [0.3, 0.4) is 0 Å². The summed E-state index contributed by atoms with van der Waals surface area (Å²) < 4.78 is 5.89. The smallest absolute Gasteiger partial charge is 0.219 e. The van der Waals surface area contributed by atoms with E-state index in [1.54, 1.807) is 12.3 Å². The van der Waals surface area contributed by atoms with Gasteiger partial charge < -0.3 is 10.5 Å². The monoisotopic (exact) mass is 276 g/mol. The van der Waals surface area contributed by atoms with Gasteiger partial charge in [0.05, 0.1) is 5.02 Å². The molecule has 0 aliphatic heterocycles. The highest BCUT2D eigenvalue weighted by Gasteiger charge is 2.10. The number of aryl methyl sites for hydroxylation is 2. The van der Waals surface area contributed by atoms with Crippen molar-refractivity contribution in [1.82, 2.24) is 4.98 Å². The standard InChI is InChI=1S/C15H17ClN2O/c1-9-4-5-10(2)15(11(9)3)19-14-6-12(7-17)13(16)8-18-14/h4-6,8H,7,17H2,1-3H3. The van der Waals surface area contributed by atoms with E-state index in [0.717, 1.165) is 22.4 Å². The van der Waals surface area contributed by atoms with E-state index in [0.29, 0.717) is 17.4 Å². The van der Waals surface area contributed by atoms with Gasteiger partial charge in [-0.25, -0.2) is 4.98 Å². The molecular formula is C15H17ClN2O. The average molecular weight is 277 g/mol. The first-order chi connectivity index (χ1) is 9.02. The lowest BCUT2D eigenvalue weighted by Crippen LogP contribution is -2.00. The van der Waals surface area contributed by atoms with Crippen LogP contribution in [-0.4, -0.2) is 4.98 Å². The Balaban J connectivity index is 2.39. The highest BCUT2D eigenvalue weighted by molar-refractivity contribution is 6.31. The minimum absolute atomic E-state index is 0.365. The molecule has 0 saturated heterocycles. The average Bonchev–Trinajstić information content (AvgIpc) is 2.41. The van der Waals surface area contributed by atoms with E-state index in [9.17, 15) is 0 Å². The van der Waals surface area contributed by atoms with E-state index in [-0.39, 0.29) is 0 Å². The molecular weight excluding hydrogens is 260 g/mol. The molecule has 0 spiro atoms. The molecule has 2 aromatic rings. The van der Waals surface area contributed by atoms with Crippen LogP contribution < -0.4 is 10.5 Å². The third-order valence-corrected chi connectivity index (χ3v) is 3.55. The van der Waals surface area contributed by atoms with Gasteiger partial charge in [0.15, 0.2) is 0 Å². The number of ether oxygens (including phenoxy) is 1. The van der Waals surface area contributed by atoms with Crippen molar-refractivity contribution in [3.8, 4) is 11.6 Å². The van der Waals surface area contributed by atoms with Gasteiger partial charge in [0, 0.05) is 18.8 Å². The summed E-state index contributed by atoms with van der Waals surface area (Å²) >= 11 is 5.99. The summed E-state index contributed by atoms with van der Waals surface area (Å²) in [5.74, 6) is 1.36. The maximum atomic E-state index is 5.99. The molecule has 0 fully saturated rings. The van der Waals surface area contributed by atoms with E-state index in [4.69, 9.17) is 22.1 Å². The Kier molecular flexibility index (Phi) is 4.08. The fraction of sp³-hybridized carbons (Fsp3) is 0.267. The third-order valence-electron chi connectivity index (χ3n) is 3.21. The zero-order valence-corrected chi connectivity index (χ0v) is 12.1. The molecule has 0 aliphatic carbocycles. The lowest BCUT2D eigenvalue weighted by Gasteiger charge is -2.13. The number of benzene rings is 1. The van der Waals surface area contributed by atoms with Gasteiger partial charge in [-0.2, -0.15) is 0 Å². The second kappa shape index (κ2) is 5.59. The van der Waals surface area contributed by atoms with Crippen LogP contribution in [-0.2, 0) is 6.54 Å². The van der Waals surface area contributed by atoms with Crippen LogP contribution in [0.25, 0.3) is 0 Å². The van der Waals surface area contributed by atoms with Crippen molar-refractivity contribution < 1.29 is 4.74 Å². The topological polar surface area (TPSA) is 48.1 Å². The van der Waals surface area contributed by atoms with Gasteiger partial charge in [0.2, 0.25) is 5.88 Å². The molecule has 0 atom stereocenters. The predicted octanol–water partition coefficient (Wildman–Crippen LogP) is 3.91. The number of hydrogen-bond donors (Lipinski definition) is 1. The van der Waals surface area contributed by atoms with Crippen molar-refractivity contribution in [1.29, 1.82) is 0 Å². The second-order valence-electron chi connectivity index (χ2n) is 4.57. The van der Waals surface area contributed by atoms with E-state index in [2.05, 4.69) is 18.0 Å². The largest absolute Gasteiger partial charge is 0.438 e. The molecule has 1 aromatic carbocycles. The molecule has 0 radical (unpaired) electrons. The van der Waals surface area contributed by atoms with Gasteiger partial charge >= 0.3 is 0 Å². The number of hydrogen-bond acceptors (Lipinski definition) is 3. The van der Waals surface area contributed by atoms with Gasteiger partial charge in [-0.15, -0.1) is 0 Å². The fourth-order valence-corrected chi connectivity index (χ4v) is 2.04. The van der Waals surface area contributed by atoms with Gasteiger partial charge in [0.25, 0.3) is 0 Å². The Morgan fingerprint density at radius 1 is 1.21 bits per heavy atom. The normalized spacial score (nSPS) is 10.6. The zero-order valence-electron chi connectivity index (χ0n) is 11.3. The van der Waals surface area contributed by atoms with E-state index < -0.39 is 0 Å². The first kappa shape index (κ1) is 13.8. The summed E-state index contributed by atoms with van der Waals surface area (Å²) in [5.41, 5.74) is 9.84. The van der Waals surface area contributed by atoms with Crippen molar-refractivity contribution in [3.05, 3.63) is 51.7 Å². The molecule has 0 bridgehead atoms. The van der Waals surface area contributed by atoms with Crippen LogP contribution in [0.2, 0.25) is 5.02 Å². The number of halogens is 1. The lowest BCUT2D eigenvalue weighted by molar-refractivity contribution is 0.455. The molecule has 1 aromatic heterocycles. The summed E-state index contributed by atoms with van der Waals surface area (Å²) in [6, 6.07) is 5.90. The molecule has 0 aliphatic rings. The summed E-state index contributed by atoms with van der Waals surface area (Å²) in [6.07, 6.45) is 1.57. The van der Waals surface area contributed by atoms with Crippen LogP contribution in [0.5, 0.6) is 11.6 Å². The number of aromatic nitrogens is 1. The molecule has 0 amide bonds. The maximum Gasteiger partial charge on any atom is 0.219 e. The predicted molar refractivity (Wildman–Crippen MR) is 77.9 cm³/mol. The Hall–Kier alpha value is -1.58. The molecule has 4 heteroatoms. The van der Waals surface area contributed by atoms with Crippen LogP contribution in [0.1, 0.15) is 22.3 Å². The Morgan fingerprint density at radius 3 is 2.58 bits per heavy atom. The molecule has 1 heterocycles. The van der Waals surface area contributed by atoms with Crippen LogP contribution in [0.4, 0.5) is 0 Å². The molecule has 2 rings (SSSR count). The van der Waals surface area contributed by atoms with Crippen molar-refractivity contribution in [2.75, 3.05) is 0 Å². The van der Waals surface area contributed by atoms with Crippen molar-refractivity contribution in [2.45, 2.75) is 27.3 Å². The quantitative estimate of drug-likeness (QED) is 0.924. The Labute approximate surface area is 118 Å². The highest BCUT2D eigenvalue weighted by Crippen LogP contribution is 2.30. The summed E-state index contributed by atoms with van der Waals surface area (Å²) in [4.78, 5) is 4.18. The van der Waals surface area contributed by atoms with Gasteiger partial charge in [-0.1, -0.05) is 23.7 Å². The molecule has 0 saturated carbocycles. The summed E-state index contributed by atoms with van der Waals surface area (Å²) in [5, 5.41) is 0.563. The maximum absolute atomic E-state index is 5.99. The van der Waals surface area contributed by atoms with Crippen LogP contribution in [0.15, 0.2) is 24.4 Å². The van der Waals surface area contributed by atoms with Crippen molar-refractivity contribution in [3.63, 3.8) is 0 Å². The third kappa shape index (κ3) is 2.88. The first-order valence-corrected chi connectivity index (χ1v) is 6.50. The van der Waals surface area contributed by atoms with E-state index in [1.165, 1.54) is 5.56 Å². The fourth-order valence-electron chi connectivity index (χ4n) is 1.86. The number of nitrogens with two attached hydrogens (primary N) is 1. The first-order valence-electron chi connectivity index (χ1n) is 6.12. The number of rotatable bonds is 3. The van der Waals surface area contributed by atoms with Gasteiger partial charge in [-0.3, -0.25) is 0 Å². The minimum Gasteiger partial charge on any atom is -0.438 e. The molecule has 0 unspecified atom stereocenters. The van der Waals surface area contributed by atoms with Crippen LogP contribution >= 0.6 is 11.6 Å². The molecule has 100 valence electrons. The highest BCUT2D eigenvalue weighted by atomic mass is 35.5. The zero-order chi connectivity index (χ0) is 14.0.